The summed E-state index contributed by atoms with van der Waals surface area (Å²) < 4.78 is 2.00. The zero-order chi connectivity index (χ0) is 18.4. The number of hydrogen-bond donors (Lipinski definition) is 2. The summed E-state index contributed by atoms with van der Waals surface area (Å²) in [6.45, 7) is 10.1. The van der Waals surface area contributed by atoms with Crippen LogP contribution in [0.15, 0.2) is 4.99 Å². The maximum absolute atomic E-state index is 4.63. The van der Waals surface area contributed by atoms with Crippen LogP contribution in [0.2, 0.25) is 0 Å². The zero-order valence-electron chi connectivity index (χ0n) is 16.6. The highest BCUT2D eigenvalue weighted by Gasteiger charge is 2.13. The highest BCUT2D eigenvalue weighted by atomic mass is 127. The molecule has 6 nitrogen and oxygen atoms in total. The number of aryl methyl sites for hydroxylation is 4. The summed E-state index contributed by atoms with van der Waals surface area (Å²) in [6.07, 6.45) is 2.84. The zero-order valence-corrected chi connectivity index (χ0v) is 19.8. The van der Waals surface area contributed by atoms with E-state index >= 15 is 0 Å². The third kappa shape index (κ3) is 5.67. The van der Waals surface area contributed by atoms with E-state index in [1.54, 1.807) is 18.4 Å². The molecule has 0 aromatic carbocycles. The van der Waals surface area contributed by atoms with Gasteiger partial charge in [0.15, 0.2) is 5.96 Å². The molecule has 0 fully saturated rings. The predicted molar refractivity (Wildman–Crippen MR) is 121 cm³/mol. The van der Waals surface area contributed by atoms with Crippen LogP contribution in [0.4, 0.5) is 0 Å². The van der Waals surface area contributed by atoms with Crippen molar-refractivity contribution < 1.29 is 0 Å². The Bertz CT molecular complexity index is 715. The summed E-state index contributed by atoms with van der Waals surface area (Å²) in [7, 11) is 3.82. The Morgan fingerprint density at radius 1 is 1.19 bits per heavy atom. The van der Waals surface area contributed by atoms with Crippen LogP contribution in [-0.2, 0) is 32.9 Å². The van der Waals surface area contributed by atoms with Crippen molar-refractivity contribution in [3.05, 3.63) is 32.5 Å². The van der Waals surface area contributed by atoms with Crippen LogP contribution in [0, 0.1) is 13.8 Å². The second-order valence-corrected chi connectivity index (χ2v) is 7.34. The normalized spacial score (nSPS) is 11.4. The van der Waals surface area contributed by atoms with Gasteiger partial charge in [0.1, 0.15) is 0 Å². The molecule has 26 heavy (non-hydrogen) atoms. The van der Waals surface area contributed by atoms with Gasteiger partial charge in [-0.05, 0) is 26.7 Å². The van der Waals surface area contributed by atoms with E-state index in [1.807, 2.05) is 11.7 Å². The van der Waals surface area contributed by atoms with E-state index in [-0.39, 0.29) is 24.0 Å². The molecule has 0 atom stereocenters. The van der Waals surface area contributed by atoms with Gasteiger partial charge in [-0.15, -0.1) is 35.3 Å². The Hall–Kier alpha value is -1.16. The maximum atomic E-state index is 4.63. The number of nitrogens with zero attached hydrogens (tertiary/aromatic N) is 4. The number of hydrogen-bond acceptors (Lipinski definition) is 4. The van der Waals surface area contributed by atoms with Gasteiger partial charge in [0.05, 0.1) is 16.4 Å². The molecule has 2 N–H and O–H groups in total. The largest absolute Gasteiger partial charge is 0.356 e. The molecule has 8 heteroatoms. The van der Waals surface area contributed by atoms with Crippen LogP contribution < -0.4 is 10.6 Å². The van der Waals surface area contributed by atoms with Crippen molar-refractivity contribution in [1.29, 1.82) is 0 Å². The van der Waals surface area contributed by atoms with Crippen LogP contribution in [0.25, 0.3) is 0 Å². The third-order valence-corrected chi connectivity index (χ3v) is 5.52. The molecule has 0 saturated carbocycles. The monoisotopic (exact) mass is 490 g/mol. The summed E-state index contributed by atoms with van der Waals surface area (Å²) in [6, 6.07) is 0. The molecule has 0 bridgehead atoms. The van der Waals surface area contributed by atoms with Gasteiger partial charge in [-0.25, -0.2) is 4.98 Å². The molecule has 0 amide bonds. The SMILES string of the molecule is CCc1nn(C)c(CC)c1CNC(=NC)NCCc1nc(C)c(C)s1.I. The molecule has 0 aliphatic rings. The molecule has 2 aromatic heterocycles. The Balaban J connectivity index is 0.00000338. The number of thiazole rings is 1. The van der Waals surface area contributed by atoms with Gasteiger partial charge < -0.3 is 10.6 Å². The smallest absolute Gasteiger partial charge is 0.191 e. The number of halogens is 1. The van der Waals surface area contributed by atoms with Crippen LogP contribution >= 0.6 is 35.3 Å². The van der Waals surface area contributed by atoms with E-state index in [4.69, 9.17) is 0 Å². The van der Waals surface area contributed by atoms with Gasteiger partial charge in [-0.3, -0.25) is 9.67 Å². The predicted octanol–water partition coefficient (Wildman–Crippen LogP) is 3.14. The molecule has 0 unspecified atom stereocenters. The fraction of sp³-hybridized carbons (Fsp3) is 0.611. The Morgan fingerprint density at radius 3 is 2.46 bits per heavy atom. The van der Waals surface area contributed by atoms with E-state index in [2.05, 4.69) is 53.4 Å². The summed E-state index contributed by atoms with van der Waals surface area (Å²) in [4.78, 5) is 10.2. The molecule has 146 valence electrons. The highest BCUT2D eigenvalue weighted by molar-refractivity contribution is 14.0. The lowest BCUT2D eigenvalue weighted by Gasteiger charge is -2.12. The van der Waals surface area contributed by atoms with Crippen molar-refractivity contribution >= 4 is 41.3 Å². The minimum atomic E-state index is 0. The van der Waals surface area contributed by atoms with Crippen molar-refractivity contribution in [3.8, 4) is 0 Å². The van der Waals surface area contributed by atoms with E-state index in [9.17, 15) is 0 Å². The summed E-state index contributed by atoms with van der Waals surface area (Å²) in [5.41, 5.74) is 4.88. The van der Waals surface area contributed by atoms with Gasteiger partial charge in [0, 0.05) is 49.7 Å². The van der Waals surface area contributed by atoms with E-state index in [0.29, 0.717) is 0 Å². The minimum Gasteiger partial charge on any atom is -0.356 e. The molecule has 0 radical (unpaired) electrons. The average Bonchev–Trinajstić information content (AvgIpc) is 3.08. The minimum absolute atomic E-state index is 0. The lowest BCUT2D eigenvalue weighted by molar-refractivity contribution is 0.702. The van der Waals surface area contributed by atoms with Crippen LogP contribution in [0.3, 0.4) is 0 Å². The molecule has 0 saturated heterocycles. The Kier molecular flexibility index (Phi) is 9.56. The van der Waals surface area contributed by atoms with Crippen molar-refractivity contribution in [3.63, 3.8) is 0 Å². The first-order chi connectivity index (χ1) is 12.0. The molecule has 0 aliphatic heterocycles. The Labute approximate surface area is 177 Å². The standard InChI is InChI=1S/C18H30N6S.HI/c1-7-15-14(16(8-2)24(6)23-15)11-21-18(19-5)20-10-9-17-22-12(3)13(4)25-17;/h7-11H2,1-6H3,(H2,19,20,21);1H. The first-order valence-electron chi connectivity index (χ1n) is 8.91. The molecule has 2 rings (SSSR count). The summed E-state index contributed by atoms with van der Waals surface area (Å²) in [5, 5.41) is 12.6. The number of nitrogens with one attached hydrogen (secondary N) is 2. The van der Waals surface area contributed by atoms with Gasteiger partial charge in [0.2, 0.25) is 0 Å². The molecule has 0 aliphatic carbocycles. The number of rotatable bonds is 7. The second-order valence-electron chi connectivity index (χ2n) is 6.05. The molecular weight excluding hydrogens is 459 g/mol. The van der Waals surface area contributed by atoms with E-state index in [0.717, 1.165) is 49.7 Å². The van der Waals surface area contributed by atoms with Gasteiger partial charge in [0.25, 0.3) is 0 Å². The number of aliphatic imine (C=N–C) groups is 1. The van der Waals surface area contributed by atoms with Crippen molar-refractivity contribution in [2.75, 3.05) is 13.6 Å². The molecule has 0 spiro atoms. The van der Waals surface area contributed by atoms with Gasteiger partial charge in [-0.1, -0.05) is 13.8 Å². The maximum Gasteiger partial charge on any atom is 0.191 e. The van der Waals surface area contributed by atoms with Crippen LogP contribution in [0.5, 0.6) is 0 Å². The Morgan fingerprint density at radius 2 is 1.92 bits per heavy atom. The quantitative estimate of drug-likeness (QED) is 0.356. The highest BCUT2D eigenvalue weighted by Crippen LogP contribution is 2.16. The van der Waals surface area contributed by atoms with Crippen molar-refractivity contribution in [1.82, 2.24) is 25.4 Å². The van der Waals surface area contributed by atoms with Gasteiger partial charge in [-0.2, -0.15) is 5.10 Å². The van der Waals surface area contributed by atoms with E-state index in [1.165, 1.54) is 21.1 Å². The average molecular weight is 490 g/mol. The summed E-state index contributed by atoms with van der Waals surface area (Å²) in [5.74, 6) is 0.818. The lowest BCUT2D eigenvalue weighted by atomic mass is 10.1. The topological polar surface area (TPSA) is 67.1 Å². The fourth-order valence-electron chi connectivity index (χ4n) is 2.92. The number of aromatic nitrogens is 3. The lowest BCUT2D eigenvalue weighted by Crippen LogP contribution is -2.38. The third-order valence-electron chi connectivity index (χ3n) is 4.39. The molecule has 2 heterocycles. The number of guanidine groups is 1. The summed E-state index contributed by atoms with van der Waals surface area (Å²) >= 11 is 1.77. The molecule has 2 aromatic rings. The van der Waals surface area contributed by atoms with Crippen molar-refractivity contribution in [2.24, 2.45) is 12.0 Å². The van der Waals surface area contributed by atoms with Gasteiger partial charge >= 0.3 is 0 Å². The van der Waals surface area contributed by atoms with E-state index < -0.39 is 0 Å². The molecular formula is C18H31IN6S. The van der Waals surface area contributed by atoms with Crippen LogP contribution in [0.1, 0.15) is 46.4 Å². The first-order valence-corrected chi connectivity index (χ1v) is 9.72. The van der Waals surface area contributed by atoms with Crippen molar-refractivity contribution in [2.45, 2.75) is 53.5 Å². The van der Waals surface area contributed by atoms with Crippen LogP contribution in [-0.4, -0.2) is 34.3 Å². The second kappa shape index (κ2) is 10.9. The first kappa shape index (κ1) is 22.9. The fourth-order valence-corrected chi connectivity index (χ4v) is 3.85.